The van der Waals surface area contributed by atoms with Crippen molar-refractivity contribution in [3.8, 4) is 5.69 Å². The molecule has 0 bridgehead atoms. The molecule has 1 N–H and O–H groups in total. The fraction of sp³-hybridized carbons (Fsp3) is 0.263. The lowest BCUT2D eigenvalue weighted by Crippen LogP contribution is -2.44. The zero-order chi connectivity index (χ0) is 17.8. The predicted molar refractivity (Wildman–Crippen MR) is 98.3 cm³/mol. The molecule has 1 fully saturated rings. The summed E-state index contributed by atoms with van der Waals surface area (Å²) in [5.41, 5.74) is 2.62. The predicted octanol–water partition coefficient (Wildman–Crippen LogP) is 2.06. The molecule has 4 rings (SSSR count). The minimum absolute atomic E-state index is 0.0573. The van der Waals surface area contributed by atoms with E-state index in [9.17, 15) is 4.79 Å². The number of para-hydroxylation sites is 1. The summed E-state index contributed by atoms with van der Waals surface area (Å²) in [6.45, 7) is 1.89. The molecule has 132 valence electrons. The fourth-order valence-corrected chi connectivity index (χ4v) is 3.26. The van der Waals surface area contributed by atoms with E-state index in [4.69, 9.17) is 0 Å². The van der Waals surface area contributed by atoms with E-state index in [2.05, 4.69) is 50.0 Å². The number of anilines is 1. The molecule has 0 atom stereocenters. The molecule has 2 heterocycles. The second-order valence-corrected chi connectivity index (χ2v) is 6.38. The standard InChI is InChI=1S/C19H20N6O/c26-19(15-5-4-8-18(13-15)25-14-20-22-23-25)21-16-9-11-24(12-10-16)17-6-2-1-3-7-17/h1-8,13-14,16H,9-12H2,(H,21,26). The molecular formula is C19H20N6O. The Labute approximate surface area is 151 Å². The van der Waals surface area contributed by atoms with Crippen molar-refractivity contribution in [3.63, 3.8) is 0 Å². The molecule has 2 aromatic carbocycles. The first-order valence-electron chi connectivity index (χ1n) is 8.74. The number of carbonyl (C=O) groups excluding carboxylic acids is 1. The molecule has 1 aromatic heterocycles. The molecule has 0 aliphatic carbocycles. The summed E-state index contributed by atoms with van der Waals surface area (Å²) in [6, 6.07) is 17.9. The van der Waals surface area contributed by atoms with Crippen LogP contribution in [-0.4, -0.2) is 45.2 Å². The first-order chi connectivity index (χ1) is 12.8. The van der Waals surface area contributed by atoms with Crippen LogP contribution < -0.4 is 10.2 Å². The molecule has 0 radical (unpaired) electrons. The normalized spacial score (nSPS) is 15.0. The highest BCUT2D eigenvalue weighted by Gasteiger charge is 2.21. The van der Waals surface area contributed by atoms with E-state index in [1.165, 1.54) is 16.7 Å². The molecule has 1 aliphatic heterocycles. The number of carbonyl (C=O) groups is 1. The number of hydrogen-bond acceptors (Lipinski definition) is 5. The molecule has 1 saturated heterocycles. The number of tetrazole rings is 1. The third-order valence-corrected chi connectivity index (χ3v) is 4.67. The van der Waals surface area contributed by atoms with Crippen LogP contribution in [0.3, 0.4) is 0 Å². The van der Waals surface area contributed by atoms with Crippen LogP contribution in [0.4, 0.5) is 5.69 Å². The zero-order valence-corrected chi connectivity index (χ0v) is 14.3. The van der Waals surface area contributed by atoms with Crippen LogP contribution >= 0.6 is 0 Å². The van der Waals surface area contributed by atoms with Crippen LogP contribution in [0.5, 0.6) is 0 Å². The summed E-state index contributed by atoms with van der Waals surface area (Å²) in [5, 5.41) is 14.3. The third kappa shape index (κ3) is 3.56. The number of rotatable bonds is 4. The van der Waals surface area contributed by atoms with Gasteiger partial charge in [-0.25, -0.2) is 4.68 Å². The van der Waals surface area contributed by atoms with Crippen molar-refractivity contribution in [2.75, 3.05) is 18.0 Å². The van der Waals surface area contributed by atoms with Gasteiger partial charge in [0.2, 0.25) is 0 Å². The van der Waals surface area contributed by atoms with Gasteiger partial charge in [-0.1, -0.05) is 24.3 Å². The van der Waals surface area contributed by atoms with Gasteiger partial charge < -0.3 is 10.2 Å². The fourth-order valence-electron chi connectivity index (χ4n) is 3.26. The maximum Gasteiger partial charge on any atom is 0.251 e. The first kappa shape index (κ1) is 16.3. The summed E-state index contributed by atoms with van der Waals surface area (Å²) < 4.78 is 1.54. The van der Waals surface area contributed by atoms with Crippen LogP contribution in [0.15, 0.2) is 60.9 Å². The minimum atomic E-state index is -0.0573. The van der Waals surface area contributed by atoms with Crippen molar-refractivity contribution < 1.29 is 4.79 Å². The highest BCUT2D eigenvalue weighted by atomic mass is 16.1. The summed E-state index contributed by atoms with van der Waals surface area (Å²) >= 11 is 0. The second-order valence-electron chi connectivity index (χ2n) is 6.38. The van der Waals surface area contributed by atoms with Gasteiger partial charge in [-0.05, 0) is 53.6 Å². The number of piperidine rings is 1. The van der Waals surface area contributed by atoms with Crippen LogP contribution in [0.1, 0.15) is 23.2 Å². The van der Waals surface area contributed by atoms with Crippen molar-refractivity contribution >= 4 is 11.6 Å². The molecular weight excluding hydrogens is 328 g/mol. The van der Waals surface area contributed by atoms with Gasteiger partial charge in [0.05, 0.1) is 5.69 Å². The van der Waals surface area contributed by atoms with E-state index in [1.54, 1.807) is 6.07 Å². The molecule has 7 nitrogen and oxygen atoms in total. The summed E-state index contributed by atoms with van der Waals surface area (Å²) in [5.74, 6) is -0.0573. The molecule has 0 saturated carbocycles. The van der Waals surface area contributed by atoms with E-state index in [-0.39, 0.29) is 11.9 Å². The lowest BCUT2D eigenvalue weighted by Gasteiger charge is -2.34. The van der Waals surface area contributed by atoms with Gasteiger partial charge in [-0.15, -0.1) is 5.10 Å². The van der Waals surface area contributed by atoms with Crippen molar-refractivity contribution in [1.82, 2.24) is 25.5 Å². The van der Waals surface area contributed by atoms with Gasteiger partial charge in [0.15, 0.2) is 0 Å². The highest BCUT2D eigenvalue weighted by molar-refractivity contribution is 5.94. The van der Waals surface area contributed by atoms with Gasteiger partial charge >= 0.3 is 0 Å². The SMILES string of the molecule is O=C(NC1CCN(c2ccccc2)CC1)c1cccc(-n2cnnn2)c1. The molecule has 7 heteroatoms. The lowest BCUT2D eigenvalue weighted by molar-refractivity contribution is 0.0931. The number of nitrogens with one attached hydrogen (secondary N) is 1. The van der Waals surface area contributed by atoms with Crippen LogP contribution in [0.2, 0.25) is 0 Å². The van der Waals surface area contributed by atoms with Crippen molar-refractivity contribution in [2.45, 2.75) is 18.9 Å². The smallest absolute Gasteiger partial charge is 0.251 e. The number of hydrogen-bond donors (Lipinski definition) is 1. The van der Waals surface area contributed by atoms with Crippen molar-refractivity contribution in [1.29, 1.82) is 0 Å². The Morgan fingerprint density at radius 2 is 1.77 bits per heavy atom. The summed E-state index contributed by atoms with van der Waals surface area (Å²) in [6.07, 6.45) is 3.39. The first-order valence-corrected chi connectivity index (χ1v) is 8.74. The van der Waals surface area contributed by atoms with Crippen LogP contribution in [0.25, 0.3) is 5.69 Å². The Balaban J connectivity index is 1.37. The molecule has 3 aromatic rings. The van der Waals surface area contributed by atoms with Gasteiger partial charge in [0.1, 0.15) is 6.33 Å². The third-order valence-electron chi connectivity index (χ3n) is 4.67. The van der Waals surface area contributed by atoms with Crippen molar-refractivity contribution in [3.05, 3.63) is 66.5 Å². The van der Waals surface area contributed by atoms with Gasteiger partial charge in [0.25, 0.3) is 5.91 Å². The summed E-state index contributed by atoms with van der Waals surface area (Å²) in [4.78, 5) is 15.0. The Kier molecular flexibility index (Phi) is 4.59. The average Bonchev–Trinajstić information content (AvgIpc) is 3.24. The van der Waals surface area contributed by atoms with E-state index in [1.807, 2.05) is 24.3 Å². The molecule has 0 unspecified atom stereocenters. The Morgan fingerprint density at radius 3 is 2.50 bits per heavy atom. The number of aromatic nitrogens is 4. The number of amides is 1. The molecule has 1 aliphatic rings. The quantitative estimate of drug-likeness (QED) is 0.781. The summed E-state index contributed by atoms with van der Waals surface area (Å²) in [7, 11) is 0. The largest absolute Gasteiger partial charge is 0.371 e. The Hall–Kier alpha value is -3.22. The topological polar surface area (TPSA) is 75.9 Å². The van der Waals surface area contributed by atoms with Crippen LogP contribution in [-0.2, 0) is 0 Å². The lowest BCUT2D eigenvalue weighted by atomic mass is 10.0. The van der Waals surface area contributed by atoms with Gasteiger partial charge in [-0.2, -0.15) is 0 Å². The maximum absolute atomic E-state index is 12.6. The minimum Gasteiger partial charge on any atom is -0.371 e. The number of nitrogens with zero attached hydrogens (tertiary/aromatic N) is 5. The zero-order valence-electron chi connectivity index (χ0n) is 14.3. The average molecular weight is 348 g/mol. The maximum atomic E-state index is 12.6. The van der Waals surface area contributed by atoms with Gasteiger partial charge in [-0.3, -0.25) is 4.79 Å². The monoisotopic (exact) mass is 348 g/mol. The van der Waals surface area contributed by atoms with E-state index >= 15 is 0 Å². The Bertz CT molecular complexity index is 857. The highest BCUT2D eigenvalue weighted by Crippen LogP contribution is 2.20. The molecule has 0 spiro atoms. The van der Waals surface area contributed by atoms with Crippen LogP contribution in [0, 0.1) is 0 Å². The Morgan fingerprint density at radius 1 is 1.00 bits per heavy atom. The van der Waals surface area contributed by atoms with Gasteiger partial charge in [0, 0.05) is 30.4 Å². The van der Waals surface area contributed by atoms with E-state index in [0.717, 1.165) is 31.6 Å². The van der Waals surface area contributed by atoms with E-state index in [0.29, 0.717) is 5.56 Å². The number of benzene rings is 2. The second kappa shape index (κ2) is 7.35. The van der Waals surface area contributed by atoms with Crippen molar-refractivity contribution in [2.24, 2.45) is 0 Å². The molecule has 26 heavy (non-hydrogen) atoms. The van der Waals surface area contributed by atoms with E-state index < -0.39 is 0 Å². The molecule has 1 amide bonds.